The summed E-state index contributed by atoms with van der Waals surface area (Å²) >= 11 is 0. The van der Waals surface area contributed by atoms with E-state index in [9.17, 15) is 14.3 Å². The largest absolute Gasteiger partial charge is 0.508 e. The Hall–Kier alpha value is -2.56. The van der Waals surface area contributed by atoms with Crippen molar-refractivity contribution in [2.75, 3.05) is 6.54 Å². The van der Waals surface area contributed by atoms with Crippen LogP contribution in [0.4, 0.5) is 9.18 Å². The molecule has 0 aromatic heterocycles. The van der Waals surface area contributed by atoms with Gasteiger partial charge in [0.05, 0.1) is 6.54 Å². The van der Waals surface area contributed by atoms with E-state index in [0.29, 0.717) is 24.1 Å². The van der Waals surface area contributed by atoms with Gasteiger partial charge in [0.15, 0.2) is 0 Å². The molecule has 4 nitrogen and oxygen atoms in total. The van der Waals surface area contributed by atoms with E-state index in [-0.39, 0.29) is 24.7 Å². The number of hydrogen-bond acceptors (Lipinski definition) is 3. The Morgan fingerprint density at radius 2 is 1.95 bits per heavy atom. The summed E-state index contributed by atoms with van der Waals surface area (Å²) in [5.74, 6) is -0.331. The molecule has 0 fully saturated rings. The lowest BCUT2D eigenvalue weighted by atomic mass is 9.98. The topological polar surface area (TPSA) is 49.8 Å². The van der Waals surface area contributed by atoms with Crippen LogP contribution in [0.1, 0.15) is 16.7 Å². The van der Waals surface area contributed by atoms with Gasteiger partial charge in [-0.15, -0.1) is 0 Å². The molecule has 0 saturated heterocycles. The van der Waals surface area contributed by atoms with Crippen LogP contribution in [0.3, 0.4) is 0 Å². The van der Waals surface area contributed by atoms with E-state index in [1.54, 1.807) is 0 Å². The van der Waals surface area contributed by atoms with Gasteiger partial charge in [0.1, 0.15) is 18.2 Å². The van der Waals surface area contributed by atoms with Crippen LogP contribution in [-0.2, 0) is 24.3 Å². The molecule has 114 valence electrons. The third kappa shape index (κ3) is 2.88. The number of nitrogens with zero attached hydrogens (tertiary/aromatic N) is 1. The molecule has 22 heavy (non-hydrogen) atoms. The molecular formula is C17H16FNO3. The molecule has 0 unspecified atom stereocenters. The van der Waals surface area contributed by atoms with Crippen LogP contribution >= 0.6 is 0 Å². The summed E-state index contributed by atoms with van der Waals surface area (Å²) in [6.45, 7) is 0.728. The van der Waals surface area contributed by atoms with Gasteiger partial charge in [-0.25, -0.2) is 9.18 Å². The molecule has 2 aromatic rings. The van der Waals surface area contributed by atoms with Crippen LogP contribution in [-0.4, -0.2) is 22.6 Å². The number of hydrogen-bond donors (Lipinski definition) is 1. The van der Waals surface area contributed by atoms with E-state index in [1.807, 2.05) is 30.3 Å². The average Bonchev–Trinajstić information content (AvgIpc) is 2.57. The van der Waals surface area contributed by atoms with Crippen LogP contribution in [0.15, 0.2) is 42.5 Å². The Morgan fingerprint density at radius 3 is 2.73 bits per heavy atom. The van der Waals surface area contributed by atoms with Crippen LogP contribution in [0.2, 0.25) is 0 Å². The van der Waals surface area contributed by atoms with Gasteiger partial charge < -0.3 is 14.7 Å². The van der Waals surface area contributed by atoms with Crippen molar-refractivity contribution in [2.24, 2.45) is 0 Å². The summed E-state index contributed by atoms with van der Waals surface area (Å²) in [4.78, 5) is 13.6. The first-order chi connectivity index (χ1) is 10.6. The fourth-order valence-electron chi connectivity index (χ4n) is 2.58. The number of rotatable bonds is 2. The van der Waals surface area contributed by atoms with E-state index in [0.717, 1.165) is 5.56 Å². The van der Waals surface area contributed by atoms with Crippen molar-refractivity contribution in [3.63, 3.8) is 0 Å². The van der Waals surface area contributed by atoms with Gasteiger partial charge in [-0.1, -0.05) is 30.3 Å². The molecule has 0 spiro atoms. The first-order valence-corrected chi connectivity index (χ1v) is 7.10. The Balaban J connectivity index is 1.67. The molecule has 5 heteroatoms. The molecule has 1 aliphatic rings. The van der Waals surface area contributed by atoms with Crippen molar-refractivity contribution < 1.29 is 19.0 Å². The first kappa shape index (κ1) is 14.4. The Labute approximate surface area is 127 Å². The smallest absolute Gasteiger partial charge is 0.410 e. The molecule has 0 atom stereocenters. The van der Waals surface area contributed by atoms with Crippen molar-refractivity contribution in [3.05, 3.63) is 65.0 Å². The fraction of sp³-hybridized carbons (Fsp3) is 0.235. The SMILES string of the molecule is O=C(OCc1ccccc1)N1CCc2c(F)ccc(O)c2C1. The van der Waals surface area contributed by atoms with Gasteiger partial charge in [-0.3, -0.25) is 0 Å². The summed E-state index contributed by atoms with van der Waals surface area (Å²) in [5.41, 5.74) is 1.84. The summed E-state index contributed by atoms with van der Waals surface area (Å²) in [6, 6.07) is 12.0. The third-order valence-electron chi connectivity index (χ3n) is 3.79. The van der Waals surface area contributed by atoms with E-state index in [4.69, 9.17) is 4.74 Å². The zero-order chi connectivity index (χ0) is 15.5. The van der Waals surface area contributed by atoms with Crippen LogP contribution < -0.4 is 0 Å². The highest BCUT2D eigenvalue weighted by Gasteiger charge is 2.26. The molecule has 1 N–H and O–H groups in total. The maximum absolute atomic E-state index is 13.7. The number of benzene rings is 2. The van der Waals surface area contributed by atoms with E-state index in [2.05, 4.69) is 0 Å². The minimum atomic E-state index is -0.460. The maximum Gasteiger partial charge on any atom is 0.410 e. The standard InChI is InChI=1S/C17H16FNO3/c18-15-6-7-16(20)14-10-19(9-8-13(14)15)17(21)22-11-12-4-2-1-3-5-12/h1-7,20H,8-11H2. The second kappa shape index (κ2) is 6.05. The number of phenolic OH excluding ortho intramolecular Hbond substituents is 1. The van der Waals surface area contributed by atoms with Gasteiger partial charge in [-0.2, -0.15) is 0 Å². The van der Waals surface area contributed by atoms with E-state index >= 15 is 0 Å². The Kier molecular flexibility index (Phi) is 3.96. The zero-order valence-corrected chi connectivity index (χ0v) is 12.0. The fourth-order valence-corrected chi connectivity index (χ4v) is 2.58. The van der Waals surface area contributed by atoms with E-state index < -0.39 is 6.09 Å². The number of carbonyl (C=O) groups is 1. The summed E-state index contributed by atoms with van der Waals surface area (Å²) in [5, 5.41) is 9.84. The van der Waals surface area contributed by atoms with Crippen molar-refractivity contribution in [1.29, 1.82) is 0 Å². The molecule has 1 aliphatic heterocycles. The summed E-state index contributed by atoms with van der Waals surface area (Å²) in [7, 11) is 0. The molecule has 0 saturated carbocycles. The Morgan fingerprint density at radius 1 is 1.18 bits per heavy atom. The predicted molar refractivity (Wildman–Crippen MR) is 78.8 cm³/mol. The summed E-state index contributed by atoms with van der Waals surface area (Å²) < 4.78 is 19.0. The average molecular weight is 301 g/mol. The van der Waals surface area contributed by atoms with Crippen LogP contribution in [0, 0.1) is 5.82 Å². The molecule has 1 amide bonds. The molecule has 0 aliphatic carbocycles. The van der Waals surface area contributed by atoms with Crippen molar-refractivity contribution in [2.45, 2.75) is 19.6 Å². The number of amides is 1. The molecule has 2 aromatic carbocycles. The number of aromatic hydroxyl groups is 1. The number of ether oxygens (including phenoxy) is 1. The lowest BCUT2D eigenvalue weighted by molar-refractivity contribution is 0.0912. The molecular weight excluding hydrogens is 285 g/mol. The Bertz CT molecular complexity index is 688. The summed E-state index contributed by atoms with van der Waals surface area (Å²) in [6.07, 6.45) is -0.0890. The number of carbonyl (C=O) groups excluding carboxylic acids is 1. The van der Waals surface area contributed by atoms with E-state index in [1.165, 1.54) is 17.0 Å². The van der Waals surface area contributed by atoms with Crippen molar-refractivity contribution >= 4 is 6.09 Å². The van der Waals surface area contributed by atoms with Gasteiger partial charge in [-0.05, 0) is 29.7 Å². The van der Waals surface area contributed by atoms with Gasteiger partial charge in [0.25, 0.3) is 0 Å². The normalized spacial score (nSPS) is 13.6. The minimum Gasteiger partial charge on any atom is -0.508 e. The highest BCUT2D eigenvalue weighted by molar-refractivity contribution is 5.68. The lowest BCUT2D eigenvalue weighted by Gasteiger charge is -2.28. The van der Waals surface area contributed by atoms with Gasteiger partial charge >= 0.3 is 6.09 Å². The number of fused-ring (bicyclic) bond motifs is 1. The highest BCUT2D eigenvalue weighted by atomic mass is 19.1. The van der Waals surface area contributed by atoms with Gasteiger partial charge in [0, 0.05) is 12.1 Å². The predicted octanol–water partition coefficient (Wildman–Crippen LogP) is 3.23. The first-order valence-electron chi connectivity index (χ1n) is 7.10. The second-order valence-corrected chi connectivity index (χ2v) is 5.24. The maximum atomic E-state index is 13.7. The molecule has 3 rings (SSSR count). The molecule has 0 radical (unpaired) electrons. The number of phenols is 1. The number of halogens is 1. The quantitative estimate of drug-likeness (QED) is 0.926. The highest BCUT2D eigenvalue weighted by Crippen LogP contribution is 2.29. The monoisotopic (exact) mass is 301 g/mol. The zero-order valence-electron chi connectivity index (χ0n) is 12.0. The molecule has 1 heterocycles. The van der Waals surface area contributed by atoms with Gasteiger partial charge in [0.2, 0.25) is 0 Å². The third-order valence-corrected chi connectivity index (χ3v) is 3.79. The van der Waals surface area contributed by atoms with Crippen molar-refractivity contribution in [3.8, 4) is 5.75 Å². The second-order valence-electron chi connectivity index (χ2n) is 5.24. The molecule has 0 bridgehead atoms. The van der Waals surface area contributed by atoms with Crippen molar-refractivity contribution in [1.82, 2.24) is 4.90 Å². The van der Waals surface area contributed by atoms with Crippen LogP contribution in [0.5, 0.6) is 5.75 Å². The van der Waals surface area contributed by atoms with Crippen LogP contribution in [0.25, 0.3) is 0 Å². The lowest BCUT2D eigenvalue weighted by Crippen LogP contribution is -2.36. The minimum absolute atomic E-state index is 0.0111.